The molecule has 3 aromatic rings. The Labute approximate surface area is 138 Å². The summed E-state index contributed by atoms with van der Waals surface area (Å²) in [5, 5.41) is 11.1. The molecular formula is C16H15ClN4O2. The summed E-state index contributed by atoms with van der Waals surface area (Å²) in [6.45, 7) is 3.77. The van der Waals surface area contributed by atoms with E-state index < -0.39 is 0 Å². The Balaban J connectivity index is 1.67. The van der Waals surface area contributed by atoms with Crippen LogP contribution in [0.25, 0.3) is 11.0 Å². The van der Waals surface area contributed by atoms with Gasteiger partial charge in [-0.1, -0.05) is 22.5 Å². The first-order chi connectivity index (χ1) is 11.0. The molecule has 0 spiro atoms. The van der Waals surface area contributed by atoms with Crippen LogP contribution in [-0.2, 0) is 4.79 Å². The van der Waals surface area contributed by atoms with E-state index in [9.17, 15) is 4.79 Å². The number of carbonyl (C=O) groups is 1. The summed E-state index contributed by atoms with van der Waals surface area (Å²) < 4.78 is 0. The van der Waals surface area contributed by atoms with Crippen LogP contribution in [0.2, 0.25) is 5.02 Å². The highest BCUT2D eigenvalue weighted by atomic mass is 35.5. The van der Waals surface area contributed by atoms with Crippen LogP contribution in [0.3, 0.4) is 0 Å². The lowest BCUT2D eigenvalue weighted by Crippen LogP contribution is -2.26. The Hall–Kier alpha value is -2.60. The standard InChI is InChI=1S/C16H15ClN4O2/c1-10-5-11(2)7-13(6-10)18-16(22)9-23-21-15-8-12(17)3-4-14(15)19-20-21/h3-8H,9H2,1-2H3,(H,18,22). The molecule has 7 heteroatoms. The topological polar surface area (TPSA) is 69.0 Å². The maximum atomic E-state index is 12.0. The monoisotopic (exact) mass is 330 g/mol. The fraction of sp³-hybridized carbons (Fsp3) is 0.188. The van der Waals surface area contributed by atoms with Crippen molar-refractivity contribution in [2.45, 2.75) is 13.8 Å². The number of nitrogens with zero attached hydrogens (tertiary/aromatic N) is 3. The van der Waals surface area contributed by atoms with Gasteiger partial charge in [0.15, 0.2) is 6.61 Å². The predicted molar refractivity (Wildman–Crippen MR) is 88.5 cm³/mol. The van der Waals surface area contributed by atoms with E-state index in [1.165, 1.54) is 4.85 Å². The number of nitrogens with one attached hydrogen (secondary N) is 1. The molecule has 2 aromatic carbocycles. The molecule has 1 heterocycles. The Bertz CT molecular complexity index is 855. The number of halogens is 1. The molecule has 0 aliphatic heterocycles. The molecular weight excluding hydrogens is 316 g/mol. The normalized spacial score (nSPS) is 10.7. The van der Waals surface area contributed by atoms with Crippen LogP contribution in [0, 0.1) is 13.8 Å². The number of benzene rings is 2. The Morgan fingerprint density at radius 2 is 1.96 bits per heavy atom. The summed E-state index contributed by atoms with van der Waals surface area (Å²) in [5.74, 6) is -0.277. The Kier molecular flexibility index (Phi) is 4.16. The number of rotatable bonds is 4. The van der Waals surface area contributed by atoms with Gasteiger partial charge in [0.25, 0.3) is 5.91 Å². The summed E-state index contributed by atoms with van der Waals surface area (Å²) in [6, 6.07) is 11.0. The summed E-state index contributed by atoms with van der Waals surface area (Å²) >= 11 is 5.94. The third-order valence-corrected chi connectivity index (χ3v) is 3.44. The van der Waals surface area contributed by atoms with Gasteiger partial charge in [-0.3, -0.25) is 4.79 Å². The molecule has 3 rings (SSSR count). The number of aryl methyl sites for hydroxylation is 2. The molecule has 0 aliphatic rings. The predicted octanol–water partition coefficient (Wildman–Crippen LogP) is 2.77. The van der Waals surface area contributed by atoms with E-state index >= 15 is 0 Å². The zero-order valence-electron chi connectivity index (χ0n) is 12.7. The Morgan fingerprint density at radius 3 is 2.70 bits per heavy atom. The molecule has 1 N–H and O–H groups in total. The van der Waals surface area contributed by atoms with Crippen LogP contribution in [-0.4, -0.2) is 27.7 Å². The molecule has 0 saturated heterocycles. The molecule has 0 radical (unpaired) electrons. The SMILES string of the molecule is Cc1cc(C)cc(NC(=O)COn2nnc3ccc(Cl)cc32)c1. The minimum absolute atomic E-state index is 0.183. The Morgan fingerprint density at radius 1 is 1.22 bits per heavy atom. The fourth-order valence-corrected chi connectivity index (χ4v) is 2.50. The number of aromatic nitrogens is 3. The van der Waals surface area contributed by atoms with Gasteiger partial charge in [-0.25, -0.2) is 0 Å². The second-order valence-electron chi connectivity index (χ2n) is 5.29. The number of fused-ring (bicyclic) bond motifs is 1. The summed E-state index contributed by atoms with van der Waals surface area (Å²) in [6.07, 6.45) is 0. The third-order valence-electron chi connectivity index (χ3n) is 3.20. The molecule has 23 heavy (non-hydrogen) atoms. The molecule has 6 nitrogen and oxygen atoms in total. The van der Waals surface area contributed by atoms with E-state index in [-0.39, 0.29) is 12.5 Å². The molecule has 0 saturated carbocycles. The van der Waals surface area contributed by atoms with Crippen molar-refractivity contribution in [3.63, 3.8) is 0 Å². The molecule has 0 atom stereocenters. The van der Waals surface area contributed by atoms with Gasteiger partial charge in [0.1, 0.15) is 11.0 Å². The van der Waals surface area contributed by atoms with Gasteiger partial charge in [-0.2, -0.15) is 0 Å². The number of carbonyl (C=O) groups excluding carboxylic acids is 1. The average molecular weight is 331 g/mol. The van der Waals surface area contributed by atoms with Crippen LogP contribution in [0.1, 0.15) is 11.1 Å². The zero-order chi connectivity index (χ0) is 16.4. The smallest absolute Gasteiger partial charge is 0.265 e. The first kappa shape index (κ1) is 15.3. The third kappa shape index (κ3) is 3.60. The van der Waals surface area contributed by atoms with E-state index in [0.717, 1.165) is 16.8 Å². The highest BCUT2D eigenvalue weighted by Crippen LogP contribution is 2.16. The van der Waals surface area contributed by atoms with Crippen molar-refractivity contribution in [1.29, 1.82) is 0 Å². The summed E-state index contributed by atoms with van der Waals surface area (Å²) in [4.78, 5) is 18.6. The van der Waals surface area contributed by atoms with Crippen LogP contribution in [0.15, 0.2) is 36.4 Å². The minimum Gasteiger partial charge on any atom is -0.385 e. The quantitative estimate of drug-likeness (QED) is 0.798. The highest BCUT2D eigenvalue weighted by Gasteiger charge is 2.09. The summed E-state index contributed by atoms with van der Waals surface area (Å²) in [5.41, 5.74) is 4.15. The molecule has 118 valence electrons. The molecule has 1 amide bonds. The van der Waals surface area contributed by atoms with Crippen molar-refractivity contribution >= 4 is 34.2 Å². The van der Waals surface area contributed by atoms with E-state index in [1.807, 2.05) is 32.0 Å². The zero-order valence-corrected chi connectivity index (χ0v) is 13.5. The first-order valence-electron chi connectivity index (χ1n) is 7.04. The summed E-state index contributed by atoms with van der Waals surface area (Å²) in [7, 11) is 0. The number of hydrogen-bond acceptors (Lipinski definition) is 4. The highest BCUT2D eigenvalue weighted by molar-refractivity contribution is 6.31. The van der Waals surface area contributed by atoms with Crippen LogP contribution in [0.4, 0.5) is 5.69 Å². The molecule has 1 aromatic heterocycles. The second-order valence-corrected chi connectivity index (χ2v) is 5.73. The van der Waals surface area contributed by atoms with Gasteiger partial charge in [0.2, 0.25) is 0 Å². The molecule has 0 bridgehead atoms. The van der Waals surface area contributed by atoms with Crippen molar-refractivity contribution in [2.75, 3.05) is 11.9 Å². The van der Waals surface area contributed by atoms with E-state index in [4.69, 9.17) is 16.4 Å². The van der Waals surface area contributed by atoms with Gasteiger partial charge in [0, 0.05) is 10.7 Å². The van der Waals surface area contributed by atoms with E-state index in [1.54, 1.807) is 18.2 Å². The lowest BCUT2D eigenvalue weighted by Gasteiger charge is -2.08. The maximum absolute atomic E-state index is 12.0. The van der Waals surface area contributed by atoms with Crippen molar-refractivity contribution < 1.29 is 9.63 Å². The molecule has 0 fully saturated rings. The first-order valence-corrected chi connectivity index (χ1v) is 7.41. The lowest BCUT2D eigenvalue weighted by atomic mass is 10.1. The average Bonchev–Trinajstić information content (AvgIpc) is 2.86. The molecule has 0 aliphatic carbocycles. The van der Waals surface area contributed by atoms with Gasteiger partial charge >= 0.3 is 0 Å². The van der Waals surface area contributed by atoms with Crippen molar-refractivity contribution in [3.05, 3.63) is 52.5 Å². The van der Waals surface area contributed by atoms with Crippen molar-refractivity contribution in [3.8, 4) is 0 Å². The largest absolute Gasteiger partial charge is 0.385 e. The van der Waals surface area contributed by atoms with Crippen molar-refractivity contribution in [1.82, 2.24) is 15.2 Å². The molecule has 0 unspecified atom stereocenters. The minimum atomic E-state index is -0.277. The maximum Gasteiger partial charge on any atom is 0.265 e. The second kappa shape index (κ2) is 6.26. The van der Waals surface area contributed by atoms with Gasteiger partial charge in [0.05, 0.1) is 0 Å². The van der Waals surface area contributed by atoms with Crippen LogP contribution >= 0.6 is 11.6 Å². The van der Waals surface area contributed by atoms with Crippen molar-refractivity contribution in [2.24, 2.45) is 0 Å². The lowest BCUT2D eigenvalue weighted by molar-refractivity contribution is -0.121. The van der Waals surface area contributed by atoms with Gasteiger partial charge < -0.3 is 10.2 Å². The van der Waals surface area contributed by atoms with E-state index in [0.29, 0.717) is 16.1 Å². The van der Waals surface area contributed by atoms with Gasteiger partial charge in [-0.15, -0.1) is 5.10 Å². The van der Waals surface area contributed by atoms with Crippen LogP contribution < -0.4 is 10.2 Å². The van der Waals surface area contributed by atoms with Crippen LogP contribution in [0.5, 0.6) is 0 Å². The van der Waals surface area contributed by atoms with Gasteiger partial charge in [-0.05, 0) is 60.5 Å². The van der Waals surface area contributed by atoms with E-state index in [2.05, 4.69) is 15.6 Å². The number of hydrogen-bond donors (Lipinski definition) is 1. The fourth-order valence-electron chi connectivity index (χ4n) is 2.33. The number of anilines is 1. The number of amides is 1.